The summed E-state index contributed by atoms with van der Waals surface area (Å²) < 4.78 is 16.3. The molecule has 1 aromatic heterocycles. The van der Waals surface area contributed by atoms with Crippen molar-refractivity contribution in [3.8, 4) is 11.5 Å². The molecule has 0 radical (unpaired) electrons. The number of nitrogens with zero attached hydrogens (tertiary/aromatic N) is 1. The number of anilines is 1. The van der Waals surface area contributed by atoms with Crippen molar-refractivity contribution in [3.63, 3.8) is 0 Å². The molecule has 0 bridgehead atoms. The molecule has 2 N–H and O–H groups in total. The van der Waals surface area contributed by atoms with E-state index < -0.39 is 5.97 Å². The molecule has 1 atom stereocenters. The Labute approximate surface area is 173 Å². The van der Waals surface area contributed by atoms with E-state index in [4.69, 9.17) is 14.2 Å². The number of aromatic amines is 1. The molecule has 1 aliphatic heterocycles. The van der Waals surface area contributed by atoms with E-state index in [-0.39, 0.29) is 18.4 Å². The Bertz CT molecular complexity index is 1090. The van der Waals surface area contributed by atoms with E-state index >= 15 is 0 Å². The van der Waals surface area contributed by atoms with Crippen molar-refractivity contribution in [2.24, 2.45) is 0 Å². The predicted molar refractivity (Wildman–Crippen MR) is 109 cm³/mol. The summed E-state index contributed by atoms with van der Waals surface area (Å²) in [6.07, 6.45) is 2.11. The first-order valence-electron chi connectivity index (χ1n) is 9.41. The van der Waals surface area contributed by atoms with Gasteiger partial charge in [-0.3, -0.25) is 9.89 Å². The van der Waals surface area contributed by atoms with E-state index in [1.54, 1.807) is 31.5 Å². The average Bonchev–Trinajstić information content (AvgIpc) is 3.25. The third kappa shape index (κ3) is 3.71. The maximum Gasteiger partial charge on any atom is 0.338 e. The molecule has 0 fully saturated rings. The van der Waals surface area contributed by atoms with Gasteiger partial charge in [-0.05, 0) is 23.8 Å². The van der Waals surface area contributed by atoms with Crippen molar-refractivity contribution in [2.75, 3.05) is 19.5 Å². The smallest absolute Gasteiger partial charge is 0.338 e. The largest absolute Gasteiger partial charge is 0.493 e. The molecule has 0 saturated carbocycles. The van der Waals surface area contributed by atoms with E-state index in [0.29, 0.717) is 34.9 Å². The van der Waals surface area contributed by atoms with Crippen molar-refractivity contribution in [3.05, 3.63) is 70.9 Å². The van der Waals surface area contributed by atoms with Gasteiger partial charge in [0, 0.05) is 29.7 Å². The summed E-state index contributed by atoms with van der Waals surface area (Å²) in [4.78, 5) is 24.0. The van der Waals surface area contributed by atoms with Crippen molar-refractivity contribution < 1.29 is 23.8 Å². The number of carbonyl (C=O) groups excluding carboxylic acids is 2. The lowest BCUT2D eigenvalue weighted by atomic mass is 9.87. The van der Waals surface area contributed by atoms with Gasteiger partial charge in [-0.25, -0.2) is 4.79 Å². The minimum absolute atomic E-state index is 0.0849. The third-order valence-electron chi connectivity index (χ3n) is 5.09. The molecule has 2 heterocycles. The Balaban J connectivity index is 1.58. The molecule has 0 spiro atoms. The van der Waals surface area contributed by atoms with E-state index in [9.17, 15) is 9.59 Å². The zero-order chi connectivity index (χ0) is 21.1. The number of esters is 1. The van der Waals surface area contributed by atoms with Crippen LogP contribution in [0.5, 0.6) is 11.5 Å². The number of H-pyrrole nitrogens is 1. The summed E-state index contributed by atoms with van der Waals surface area (Å²) in [6.45, 7) is 0.179. The second-order valence-corrected chi connectivity index (χ2v) is 6.84. The van der Waals surface area contributed by atoms with Crippen LogP contribution in [-0.4, -0.2) is 36.3 Å². The zero-order valence-corrected chi connectivity index (χ0v) is 16.6. The van der Waals surface area contributed by atoms with E-state index in [1.165, 1.54) is 7.11 Å². The summed E-state index contributed by atoms with van der Waals surface area (Å²) in [5.74, 6) is 0.999. The fourth-order valence-electron chi connectivity index (χ4n) is 3.57. The molecule has 1 unspecified atom stereocenters. The number of carbonyl (C=O) groups is 2. The highest BCUT2D eigenvalue weighted by Gasteiger charge is 2.29. The SMILES string of the molecule is COC(=O)c1ccccc1COc1ccc(C2CC(=O)Nc3n[nH]cc32)cc1OC. The molecular weight excluding hydrogens is 386 g/mol. The Hall–Kier alpha value is -3.81. The maximum absolute atomic E-state index is 12.0. The number of amides is 1. The van der Waals surface area contributed by atoms with Crippen LogP contribution in [0.2, 0.25) is 0 Å². The van der Waals surface area contributed by atoms with Crippen LogP contribution in [0.15, 0.2) is 48.7 Å². The lowest BCUT2D eigenvalue weighted by Crippen LogP contribution is -2.23. The Morgan fingerprint density at radius 2 is 2.00 bits per heavy atom. The quantitative estimate of drug-likeness (QED) is 0.608. The standard InChI is InChI=1S/C22H21N3O5/c1-28-19-9-13(16-10-20(26)24-21-17(16)11-23-25-21)7-8-18(19)30-12-14-5-3-4-6-15(14)22(27)29-2/h3-9,11,16H,10,12H2,1-2H3,(H2,23,24,25,26). The van der Waals surface area contributed by atoms with Gasteiger partial charge in [0.2, 0.25) is 5.91 Å². The second kappa shape index (κ2) is 8.28. The number of methoxy groups -OCH3 is 2. The molecule has 4 rings (SSSR count). The van der Waals surface area contributed by atoms with Crippen LogP contribution < -0.4 is 14.8 Å². The molecule has 154 valence electrons. The molecule has 0 aliphatic carbocycles. The van der Waals surface area contributed by atoms with Crippen LogP contribution in [-0.2, 0) is 16.1 Å². The Kier molecular flexibility index (Phi) is 5.38. The van der Waals surface area contributed by atoms with E-state index in [0.717, 1.165) is 11.1 Å². The molecule has 8 nitrogen and oxygen atoms in total. The highest BCUT2D eigenvalue weighted by atomic mass is 16.5. The van der Waals surface area contributed by atoms with Crippen molar-refractivity contribution in [1.29, 1.82) is 0 Å². The predicted octanol–water partition coefficient (Wildman–Crippen LogP) is 3.26. The zero-order valence-electron chi connectivity index (χ0n) is 16.6. The van der Waals surface area contributed by atoms with Gasteiger partial charge in [-0.2, -0.15) is 5.10 Å². The van der Waals surface area contributed by atoms with Gasteiger partial charge in [-0.15, -0.1) is 0 Å². The number of benzene rings is 2. The van der Waals surface area contributed by atoms with Gasteiger partial charge in [0.15, 0.2) is 17.3 Å². The Morgan fingerprint density at radius 1 is 1.17 bits per heavy atom. The normalized spacial score (nSPS) is 15.1. The number of ether oxygens (including phenoxy) is 3. The first-order valence-corrected chi connectivity index (χ1v) is 9.41. The van der Waals surface area contributed by atoms with Gasteiger partial charge in [0.1, 0.15) is 6.61 Å². The molecule has 1 aliphatic rings. The minimum Gasteiger partial charge on any atom is -0.493 e. The van der Waals surface area contributed by atoms with E-state index in [1.807, 2.05) is 24.3 Å². The van der Waals surface area contributed by atoms with Crippen molar-refractivity contribution >= 4 is 17.7 Å². The van der Waals surface area contributed by atoms with Crippen molar-refractivity contribution in [1.82, 2.24) is 10.2 Å². The number of fused-ring (bicyclic) bond motifs is 1. The number of rotatable bonds is 6. The lowest BCUT2D eigenvalue weighted by molar-refractivity contribution is -0.116. The van der Waals surface area contributed by atoms with Crippen molar-refractivity contribution in [2.45, 2.75) is 18.9 Å². The number of aromatic nitrogens is 2. The Morgan fingerprint density at radius 3 is 2.80 bits per heavy atom. The molecule has 3 aromatic rings. The average molecular weight is 407 g/mol. The number of nitrogens with one attached hydrogen (secondary N) is 2. The summed E-state index contributed by atoms with van der Waals surface area (Å²) >= 11 is 0. The van der Waals surface area contributed by atoms with Crippen LogP contribution >= 0.6 is 0 Å². The number of hydrogen-bond acceptors (Lipinski definition) is 6. The fourth-order valence-corrected chi connectivity index (χ4v) is 3.57. The molecular formula is C22H21N3O5. The number of hydrogen-bond donors (Lipinski definition) is 2. The van der Waals surface area contributed by atoms with Crippen LogP contribution in [0.4, 0.5) is 5.82 Å². The molecule has 0 saturated heterocycles. The minimum atomic E-state index is -0.414. The highest BCUT2D eigenvalue weighted by Crippen LogP contribution is 2.39. The van der Waals surface area contributed by atoms with Crippen LogP contribution in [0.3, 0.4) is 0 Å². The summed E-state index contributed by atoms with van der Waals surface area (Å²) in [5, 5.41) is 9.65. The molecule has 8 heteroatoms. The first kappa shape index (κ1) is 19.5. The van der Waals surface area contributed by atoms with Crippen LogP contribution in [0.25, 0.3) is 0 Å². The van der Waals surface area contributed by atoms with Gasteiger partial charge < -0.3 is 19.5 Å². The van der Waals surface area contributed by atoms with Gasteiger partial charge >= 0.3 is 5.97 Å². The fraction of sp³-hybridized carbons (Fsp3) is 0.227. The lowest BCUT2D eigenvalue weighted by Gasteiger charge is -2.23. The molecule has 30 heavy (non-hydrogen) atoms. The van der Waals surface area contributed by atoms with E-state index in [2.05, 4.69) is 15.5 Å². The third-order valence-corrected chi connectivity index (χ3v) is 5.09. The highest BCUT2D eigenvalue weighted by molar-refractivity contribution is 5.94. The van der Waals surface area contributed by atoms with Gasteiger partial charge in [-0.1, -0.05) is 24.3 Å². The first-order chi connectivity index (χ1) is 14.6. The monoisotopic (exact) mass is 407 g/mol. The molecule has 1 amide bonds. The van der Waals surface area contributed by atoms with Gasteiger partial charge in [0.05, 0.1) is 19.8 Å². The summed E-state index contributed by atoms with van der Waals surface area (Å²) in [5.41, 5.74) is 3.02. The van der Waals surface area contributed by atoms with Crippen LogP contribution in [0.1, 0.15) is 39.4 Å². The summed E-state index contributed by atoms with van der Waals surface area (Å²) in [6, 6.07) is 12.7. The van der Waals surface area contributed by atoms with Gasteiger partial charge in [0.25, 0.3) is 0 Å². The molecule has 2 aromatic carbocycles. The summed E-state index contributed by atoms with van der Waals surface area (Å²) in [7, 11) is 2.91. The van der Waals surface area contributed by atoms with Crippen LogP contribution in [0, 0.1) is 0 Å². The topological polar surface area (TPSA) is 103 Å². The maximum atomic E-state index is 12.0. The second-order valence-electron chi connectivity index (χ2n) is 6.84.